The molecule has 1 fully saturated rings. The van der Waals surface area contributed by atoms with Crippen molar-refractivity contribution in [2.24, 2.45) is 13.0 Å². The number of methoxy groups -OCH3 is 1. The smallest absolute Gasteiger partial charge is 0.310 e. The Kier molecular flexibility index (Phi) is 6.49. The summed E-state index contributed by atoms with van der Waals surface area (Å²) in [4.78, 5) is 19.9. The molecule has 0 saturated heterocycles. The second kappa shape index (κ2) is 9.63. The number of hydroxylamine groups is 1. The SMILES string of the molecule is COc1ccc(-c2nnnn2C)cc1C1=C[C@]2(CCCC(C(=O)OC(C)(C)C)[C@H]2c2ccccc2)ON1. The Morgan fingerprint density at radius 1 is 1.19 bits per heavy atom. The Labute approximate surface area is 216 Å². The molecule has 2 aliphatic rings. The Morgan fingerprint density at radius 3 is 2.65 bits per heavy atom. The van der Waals surface area contributed by atoms with Crippen LogP contribution in [0.5, 0.6) is 5.75 Å². The first-order valence-corrected chi connectivity index (χ1v) is 12.6. The number of tetrazole rings is 1. The molecule has 1 aliphatic heterocycles. The lowest BCUT2D eigenvalue weighted by Crippen LogP contribution is -2.47. The van der Waals surface area contributed by atoms with Crippen molar-refractivity contribution in [3.05, 3.63) is 65.7 Å². The van der Waals surface area contributed by atoms with E-state index in [4.69, 9.17) is 14.3 Å². The summed E-state index contributed by atoms with van der Waals surface area (Å²) < 4.78 is 13.2. The molecule has 3 atom stereocenters. The maximum Gasteiger partial charge on any atom is 0.310 e. The molecule has 1 unspecified atom stereocenters. The summed E-state index contributed by atoms with van der Waals surface area (Å²) in [6.45, 7) is 5.70. The zero-order valence-electron chi connectivity index (χ0n) is 21.9. The van der Waals surface area contributed by atoms with Crippen molar-refractivity contribution < 1.29 is 19.1 Å². The molecule has 9 nitrogen and oxygen atoms in total. The predicted molar refractivity (Wildman–Crippen MR) is 138 cm³/mol. The van der Waals surface area contributed by atoms with Crippen LogP contribution in [-0.2, 0) is 21.4 Å². The van der Waals surface area contributed by atoms with Crippen molar-refractivity contribution in [1.29, 1.82) is 0 Å². The van der Waals surface area contributed by atoms with Gasteiger partial charge in [0.25, 0.3) is 0 Å². The summed E-state index contributed by atoms with van der Waals surface area (Å²) in [7, 11) is 3.44. The fourth-order valence-electron chi connectivity index (χ4n) is 5.46. The van der Waals surface area contributed by atoms with E-state index in [1.54, 1.807) is 18.8 Å². The summed E-state index contributed by atoms with van der Waals surface area (Å²) in [6, 6.07) is 15.9. The molecule has 1 N–H and O–H groups in total. The molecule has 1 aromatic heterocycles. The first-order valence-electron chi connectivity index (χ1n) is 12.6. The number of carbonyl (C=O) groups is 1. The second-order valence-corrected chi connectivity index (χ2v) is 10.7. The molecule has 0 amide bonds. The van der Waals surface area contributed by atoms with Gasteiger partial charge in [0.15, 0.2) is 5.82 Å². The molecule has 2 heterocycles. The van der Waals surface area contributed by atoms with Gasteiger partial charge in [-0.25, -0.2) is 4.68 Å². The lowest BCUT2D eigenvalue weighted by molar-refractivity contribution is -0.168. The highest BCUT2D eigenvalue weighted by molar-refractivity contribution is 5.77. The number of nitrogens with zero attached hydrogens (tertiary/aromatic N) is 4. The summed E-state index contributed by atoms with van der Waals surface area (Å²) in [5.74, 6) is 0.572. The number of hydrogen-bond acceptors (Lipinski definition) is 8. The molecule has 3 aromatic rings. The first kappa shape index (κ1) is 25.0. The summed E-state index contributed by atoms with van der Waals surface area (Å²) >= 11 is 0. The molecule has 0 radical (unpaired) electrons. The van der Waals surface area contributed by atoms with E-state index in [2.05, 4.69) is 39.2 Å². The highest BCUT2D eigenvalue weighted by atomic mass is 16.7. The standard InChI is InChI=1S/C28H33N5O4/c1-27(2,3)36-26(34)20-12-9-15-28(24(20)18-10-7-6-8-11-18)17-22(30-37-28)21-16-19(13-14-23(21)35-5)25-29-31-32-33(25)4/h6-8,10-11,13-14,16-17,20,24,30H,9,12,15H2,1-5H3/t20?,24-,28+/m1/s1. The van der Waals surface area contributed by atoms with Crippen molar-refractivity contribution in [1.82, 2.24) is 25.7 Å². The normalized spacial score (nSPS) is 23.4. The zero-order valence-corrected chi connectivity index (χ0v) is 21.9. The Bertz CT molecular complexity index is 1310. The highest BCUT2D eigenvalue weighted by Gasteiger charge is 2.52. The van der Waals surface area contributed by atoms with Crippen molar-refractivity contribution in [3.8, 4) is 17.1 Å². The van der Waals surface area contributed by atoms with Gasteiger partial charge in [0.05, 0.1) is 18.7 Å². The summed E-state index contributed by atoms with van der Waals surface area (Å²) in [6.07, 6.45) is 4.44. The van der Waals surface area contributed by atoms with Crippen LogP contribution in [0.15, 0.2) is 54.6 Å². The molecular formula is C28H33N5O4. The van der Waals surface area contributed by atoms with E-state index in [0.29, 0.717) is 11.6 Å². The second-order valence-electron chi connectivity index (χ2n) is 10.7. The van der Waals surface area contributed by atoms with Gasteiger partial charge in [0, 0.05) is 24.1 Å². The molecule has 0 bridgehead atoms. The van der Waals surface area contributed by atoms with Gasteiger partial charge in [-0.2, -0.15) is 0 Å². The molecular weight excluding hydrogens is 470 g/mol. The first-order chi connectivity index (χ1) is 17.7. The Balaban J connectivity index is 1.58. The number of rotatable bonds is 5. The van der Waals surface area contributed by atoms with E-state index in [1.807, 2.05) is 57.2 Å². The van der Waals surface area contributed by atoms with Gasteiger partial charge in [-0.05, 0) is 80.3 Å². The average Bonchev–Trinajstić information content (AvgIpc) is 3.49. The van der Waals surface area contributed by atoms with Crippen LogP contribution in [0.2, 0.25) is 0 Å². The lowest BCUT2D eigenvalue weighted by atomic mass is 9.65. The fraction of sp³-hybridized carbons (Fsp3) is 0.429. The monoisotopic (exact) mass is 503 g/mol. The van der Waals surface area contributed by atoms with E-state index < -0.39 is 11.2 Å². The van der Waals surface area contributed by atoms with Crippen molar-refractivity contribution in [3.63, 3.8) is 0 Å². The number of hydrogen-bond donors (Lipinski definition) is 1. The van der Waals surface area contributed by atoms with Crippen LogP contribution < -0.4 is 10.2 Å². The van der Waals surface area contributed by atoms with Gasteiger partial charge in [-0.15, -0.1) is 5.10 Å². The van der Waals surface area contributed by atoms with E-state index in [-0.39, 0.29) is 17.8 Å². The van der Waals surface area contributed by atoms with Gasteiger partial charge in [0.2, 0.25) is 0 Å². The number of carbonyl (C=O) groups excluding carboxylic acids is 1. The number of aryl methyl sites for hydroxylation is 1. The Morgan fingerprint density at radius 2 is 1.97 bits per heavy atom. The molecule has 194 valence electrons. The number of esters is 1. The molecule has 9 heteroatoms. The van der Waals surface area contributed by atoms with E-state index in [0.717, 1.165) is 41.6 Å². The topological polar surface area (TPSA) is 100 Å². The van der Waals surface area contributed by atoms with Crippen LogP contribution in [-0.4, -0.2) is 44.5 Å². The number of aromatic nitrogens is 4. The van der Waals surface area contributed by atoms with Gasteiger partial charge in [-0.3, -0.25) is 15.1 Å². The van der Waals surface area contributed by atoms with Crippen molar-refractivity contribution in [2.75, 3.05) is 7.11 Å². The third-order valence-electron chi connectivity index (χ3n) is 6.99. The molecule has 2 aromatic carbocycles. The lowest BCUT2D eigenvalue weighted by Gasteiger charge is -2.43. The third-order valence-corrected chi connectivity index (χ3v) is 6.99. The summed E-state index contributed by atoms with van der Waals surface area (Å²) in [5, 5.41) is 11.9. The van der Waals surface area contributed by atoms with Crippen LogP contribution in [0.3, 0.4) is 0 Å². The van der Waals surface area contributed by atoms with E-state index in [9.17, 15) is 4.79 Å². The van der Waals surface area contributed by atoms with Crippen molar-refractivity contribution >= 4 is 11.7 Å². The molecule has 1 aliphatic carbocycles. The highest BCUT2D eigenvalue weighted by Crippen LogP contribution is 2.51. The van der Waals surface area contributed by atoms with E-state index in [1.165, 1.54) is 0 Å². The Hall–Kier alpha value is -3.72. The van der Waals surface area contributed by atoms with Gasteiger partial charge in [0.1, 0.15) is 17.0 Å². The average molecular weight is 504 g/mol. The number of benzene rings is 2. The van der Waals surface area contributed by atoms with Crippen LogP contribution in [0.1, 0.15) is 57.1 Å². The van der Waals surface area contributed by atoms with Gasteiger partial charge < -0.3 is 9.47 Å². The van der Waals surface area contributed by atoms with Gasteiger partial charge >= 0.3 is 5.97 Å². The fourth-order valence-corrected chi connectivity index (χ4v) is 5.46. The molecule has 37 heavy (non-hydrogen) atoms. The predicted octanol–water partition coefficient (Wildman–Crippen LogP) is 4.43. The van der Waals surface area contributed by atoms with Crippen LogP contribution in [0.4, 0.5) is 0 Å². The van der Waals surface area contributed by atoms with Crippen LogP contribution in [0, 0.1) is 5.92 Å². The zero-order chi connectivity index (χ0) is 26.2. The number of nitrogens with one attached hydrogen (secondary N) is 1. The summed E-state index contributed by atoms with van der Waals surface area (Å²) in [5.41, 5.74) is 5.37. The maximum absolute atomic E-state index is 13.4. The number of ether oxygens (including phenoxy) is 2. The largest absolute Gasteiger partial charge is 0.496 e. The minimum Gasteiger partial charge on any atom is -0.496 e. The van der Waals surface area contributed by atoms with Crippen LogP contribution >= 0.6 is 0 Å². The molecule has 1 spiro atoms. The van der Waals surface area contributed by atoms with Gasteiger partial charge in [-0.1, -0.05) is 30.3 Å². The van der Waals surface area contributed by atoms with Crippen LogP contribution in [0.25, 0.3) is 17.1 Å². The molecule has 5 rings (SSSR count). The quantitative estimate of drug-likeness (QED) is 0.511. The van der Waals surface area contributed by atoms with Crippen molar-refractivity contribution in [2.45, 2.75) is 57.2 Å². The van der Waals surface area contributed by atoms with E-state index >= 15 is 0 Å². The minimum atomic E-state index is -0.732. The third kappa shape index (κ3) is 4.83. The maximum atomic E-state index is 13.4. The molecule has 1 saturated carbocycles. The minimum absolute atomic E-state index is 0.194.